The Hall–Kier alpha value is -1.09. The van der Waals surface area contributed by atoms with Gasteiger partial charge in [0, 0.05) is 17.5 Å². The number of benzene rings is 1. The molecule has 15 heavy (non-hydrogen) atoms. The molecule has 0 saturated heterocycles. The van der Waals surface area contributed by atoms with Gasteiger partial charge in [0.05, 0.1) is 12.1 Å². The van der Waals surface area contributed by atoms with Crippen molar-refractivity contribution in [3.63, 3.8) is 0 Å². The smallest absolute Gasteiger partial charge is 0.148 e. The van der Waals surface area contributed by atoms with E-state index in [0.29, 0.717) is 16.9 Å². The summed E-state index contributed by atoms with van der Waals surface area (Å²) in [5.74, 6) is -0.122. The molecule has 0 spiro atoms. The van der Waals surface area contributed by atoms with Crippen molar-refractivity contribution in [2.75, 3.05) is 7.11 Å². The van der Waals surface area contributed by atoms with Crippen molar-refractivity contribution in [1.29, 1.82) is 0 Å². The fraction of sp³-hybridized carbons (Fsp3) is 0.364. The minimum absolute atomic E-state index is 0.0181. The predicted octanol–water partition coefficient (Wildman–Crippen LogP) is 2.93. The molecule has 0 atom stereocenters. The first kappa shape index (κ1) is 12.0. The zero-order chi connectivity index (χ0) is 11.6. The lowest BCUT2D eigenvalue weighted by Crippen LogP contribution is -2.03. The largest absolute Gasteiger partial charge is 0.496 e. The summed E-state index contributed by atoms with van der Waals surface area (Å²) in [5, 5.41) is 0.0181. The average Bonchev–Trinajstić information content (AvgIpc) is 2.14. The molecule has 82 valence electrons. The number of Topliss-reactive ketones (excluding diaryl/α,β-unsaturated/α-hetero) is 1. The molecule has 4 heteroatoms. The number of ether oxygens (including phenoxy) is 1. The molecule has 0 bridgehead atoms. The van der Waals surface area contributed by atoms with Gasteiger partial charge >= 0.3 is 0 Å². The van der Waals surface area contributed by atoms with Crippen LogP contribution in [0.1, 0.15) is 18.1 Å². The van der Waals surface area contributed by atoms with E-state index < -0.39 is 5.82 Å². The Morgan fingerprint density at radius 1 is 1.60 bits per heavy atom. The molecular formula is C11H12ClFO2. The molecule has 1 aromatic carbocycles. The Balaban J connectivity index is 3.31. The Labute approximate surface area is 93.0 Å². The van der Waals surface area contributed by atoms with Gasteiger partial charge in [0.2, 0.25) is 0 Å². The summed E-state index contributed by atoms with van der Waals surface area (Å²) in [6.45, 7) is 3.04. The first-order chi connectivity index (χ1) is 6.97. The lowest BCUT2D eigenvalue weighted by atomic mass is 10.0. The van der Waals surface area contributed by atoms with Crippen LogP contribution in [0.15, 0.2) is 6.07 Å². The SMILES string of the molecule is COc1c(CC(C)=O)cc(Cl)c(F)c1C. The molecule has 0 fully saturated rings. The Morgan fingerprint density at radius 2 is 2.20 bits per heavy atom. The summed E-state index contributed by atoms with van der Waals surface area (Å²) < 4.78 is 18.5. The highest BCUT2D eigenvalue weighted by Gasteiger charge is 2.15. The van der Waals surface area contributed by atoms with E-state index in [-0.39, 0.29) is 17.2 Å². The van der Waals surface area contributed by atoms with E-state index in [1.807, 2.05) is 0 Å². The Bertz CT molecular complexity index is 402. The van der Waals surface area contributed by atoms with Gasteiger partial charge in [-0.1, -0.05) is 11.6 Å². The third-order valence-electron chi connectivity index (χ3n) is 2.12. The molecule has 1 aromatic rings. The fourth-order valence-electron chi connectivity index (χ4n) is 1.49. The Kier molecular flexibility index (Phi) is 3.69. The molecule has 0 radical (unpaired) electrons. The van der Waals surface area contributed by atoms with Crippen LogP contribution < -0.4 is 4.74 Å². The topological polar surface area (TPSA) is 26.3 Å². The summed E-state index contributed by atoms with van der Waals surface area (Å²) in [6.07, 6.45) is 0.198. The number of hydrogen-bond acceptors (Lipinski definition) is 2. The van der Waals surface area contributed by atoms with Crippen LogP contribution in [0.3, 0.4) is 0 Å². The zero-order valence-electron chi connectivity index (χ0n) is 8.86. The lowest BCUT2D eigenvalue weighted by molar-refractivity contribution is -0.116. The minimum Gasteiger partial charge on any atom is -0.496 e. The van der Waals surface area contributed by atoms with Crippen LogP contribution in [0.5, 0.6) is 5.75 Å². The van der Waals surface area contributed by atoms with E-state index in [4.69, 9.17) is 16.3 Å². The maximum Gasteiger partial charge on any atom is 0.148 e. The maximum atomic E-state index is 13.4. The van der Waals surface area contributed by atoms with Crippen molar-refractivity contribution in [3.05, 3.63) is 28.0 Å². The van der Waals surface area contributed by atoms with Crippen LogP contribution >= 0.6 is 11.6 Å². The van der Waals surface area contributed by atoms with Crippen molar-refractivity contribution in [3.8, 4) is 5.75 Å². The monoisotopic (exact) mass is 230 g/mol. The van der Waals surface area contributed by atoms with Gasteiger partial charge in [-0.05, 0) is 19.9 Å². The molecule has 0 heterocycles. The van der Waals surface area contributed by atoms with Crippen LogP contribution in [-0.2, 0) is 11.2 Å². The number of halogens is 2. The summed E-state index contributed by atoms with van der Waals surface area (Å²) >= 11 is 5.69. The summed E-state index contributed by atoms with van der Waals surface area (Å²) in [7, 11) is 1.44. The van der Waals surface area contributed by atoms with Crippen molar-refractivity contribution >= 4 is 17.4 Å². The maximum absolute atomic E-state index is 13.4. The van der Waals surface area contributed by atoms with Gasteiger partial charge in [-0.25, -0.2) is 4.39 Å². The van der Waals surface area contributed by atoms with Gasteiger partial charge in [-0.15, -0.1) is 0 Å². The fourth-order valence-corrected chi connectivity index (χ4v) is 1.76. The quantitative estimate of drug-likeness (QED) is 0.798. The minimum atomic E-state index is -0.499. The molecule has 0 saturated carbocycles. The van der Waals surface area contributed by atoms with Crippen molar-refractivity contribution in [1.82, 2.24) is 0 Å². The van der Waals surface area contributed by atoms with Crippen molar-refractivity contribution in [2.45, 2.75) is 20.3 Å². The van der Waals surface area contributed by atoms with Gasteiger partial charge in [0.1, 0.15) is 17.3 Å². The van der Waals surface area contributed by atoms with Crippen LogP contribution in [0, 0.1) is 12.7 Å². The van der Waals surface area contributed by atoms with E-state index in [2.05, 4.69) is 0 Å². The highest BCUT2D eigenvalue weighted by molar-refractivity contribution is 6.31. The molecule has 0 aliphatic heterocycles. The first-order valence-corrected chi connectivity index (χ1v) is 4.86. The van der Waals surface area contributed by atoms with E-state index in [0.717, 1.165) is 0 Å². The second-order valence-electron chi connectivity index (χ2n) is 3.37. The van der Waals surface area contributed by atoms with Gasteiger partial charge in [0.15, 0.2) is 0 Å². The van der Waals surface area contributed by atoms with Crippen molar-refractivity contribution < 1.29 is 13.9 Å². The first-order valence-electron chi connectivity index (χ1n) is 4.48. The van der Waals surface area contributed by atoms with E-state index in [1.165, 1.54) is 20.1 Å². The normalized spacial score (nSPS) is 10.2. The van der Waals surface area contributed by atoms with Crippen LogP contribution in [0.25, 0.3) is 0 Å². The highest BCUT2D eigenvalue weighted by atomic mass is 35.5. The Morgan fingerprint density at radius 3 is 2.67 bits per heavy atom. The number of carbonyl (C=O) groups excluding carboxylic acids is 1. The van der Waals surface area contributed by atoms with Crippen LogP contribution in [0.2, 0.25) is 5.02 Å². The molecule has 0 aliphatic rings. The summed E-state index contributed by atoms with van der Waals surface area (Å²) in [5.41, 5.74) is 0.954. The second-order valence-corrected chi connectivity index (χ2v) is 3.78. The predicted molar refractivity (Wildman–Crippen MR) is 57.1 cm³/mol. The molecule has 0 N–H and O–H groups in total. The van der Waals surface area contributed by atoms with Crippen LogP contribution in [0.4, 0.5) is 4.39 Å². The summed E-state index contributed by atoms with van der Waals surface area (Å²) in [4.78, 5) is 11.0. The highest BCUT2D eigenvalue weighted by Crippen LogP contribution is 2.31. The van der Waals surface area contributed by atoms with Gasteiger partial charge in [-0.3, -0.25) is 4.79 Å². The second kappa shape index (κ2) is 4.62. The zero-order valence-corrected chi connectivity index (χ0v) is 9.61. The van der Waals surface area contributed by atoms with Gasteiger partial charge in [-0.2, -0.15) is 0 Å². The molecule has 2 nitrogen and oxygen atoms in total. The van der Waals surface area contributed by atoms with Crippen molar-refractivity contribution in [2.24, 2.45) is 0 Å². The van der Waals surface area contributed by atoms with Crippen LogP contribution in [-0.4, -0.2) is 12.9 Å². The molecule has 0 unspecified atom stereocenters. The number of ketones is 1. The van der Waals surface area contributed by atoms with E-state index >= 15 is 0 Å². The van der Waals surface area contributed by atoms with Gasteiger partial charge < -0.3 is 4.74 Å². The molecule has 0 aromatic heterocycles. The standard InChI is InChI=1S/C11H12ClFO2/c1-6(14)4-8-5-9(12)10(13)7(2)11(8)15-3/h5H,4H2,1-3H3. The number of rotatable bonds is 3. The number of methoxy groups -OCH3 is 1. The number of carbonyl (C=O) groups is 1. The van der Waals surface area contributed by atoms with E-state index in [1.54, 1.807) is 6.92 Å². The third-order valence-corrected chi connectivity index (χ3v) is 2.39. The summed E-state index contributed by atoms with van der Waals surface area (Å²) in [6, 6.07) is 1.43. The number of hydrogen-bond donors (Lipinski definition) is 0. The lowest BCUT2D eigenvalue weighted by Gasteiger charge is -2.12. The van der Waals surface area contributed by atoms with E-state index in [9.17, 15) is 9.18 Å². The van der Waals surface area contributed by atoms with Gasteiger partial charge in [0.25, 0.3) is 0 Å². The molecule has 0 amide bonds. The molecule has 0 aliphatic carbocycles. The average molecular weight is 231 g/mol. The molecule has 1 rings (SSSR count). The third kappa shape index (κ3) is 2.48. The molecular weight excluding hydrogens is 219 g/mol.